The summed E-state index contributed by atoms with van der Waals surface area (Å²) in [6.07, 6.45) is 0.693. The van der Waals surface area contributed by atoms with Crippen LogP contribution in [0.4, 0.5) is 0 Å². The van der Waals surface area contributed by atoms with Crippen molar-refractivity contribution < 1.29 is 0 Å². The third-order valence-electron chi connectivity index (χ3n) is 3.44. The van der Waals surface area contributed by atoms with Crippen molar-refractivity contribution in [1.82, 2.24) is 9.55 Å². The molecular weight excluding hydrogens is 371 g/mol. The highest BCUT2D eigenvalue weighted by Crippen LogP contribution is 2.30. The molecule has 0 N–H and O–H groups in total. The normalized spacial score (nSPS) is 11.2. The molecule has 0 bridgehead atoms. The quantitative estimate of drug-likeness (QED) is 0.543. The van der Waals surface area contributed by atoms with Gasteiger partial charge in [0.05, 0.1) is 16.2 Å². The van der Waals surface area contributed by atoms with Gasteiger partial charge in [-0.1, -0.05) is 39.7 Å². The van der Waals surface area contributed by atoms with Crippen molar-refractivity contribution >= 4 is 50.2 Å². The summed E-state index contributed by atoms with van der Waals surface area (Å²) in [5, 5.41) is 0.662. The summed E-state index contributed by atoms with van der Waals surface area (Å²) in [7, 11) is 0. The Bertz CT molecular complexity index is 811. The molecule has 2 nitrogen and oxygen atoms in total. The number of nitrogens with zero attached hydrogens (tertiary/aromatic N) is 2. The van der Waals surface area contributed by atoms with E-state index in [1.165, 1.54) is 5.56 Å². The zero-order chi connectivity index (χ0) is 15.0. The first-order chi connectivity index (χ1) is 10.1. The van der Waals surface area contributed by atoms with Gasteiger partial charge in [0.15, 0.2) is 0 Å². The smallest absolute Gasteiger partial charge is 0.115 e. The highest BCUT2D eigenvalue weighted by atomic mass is 79.9. The molecule has 5 heteroatoms. The van der Waals surface area contributed by atoms with Gasteiger partial charge in [-0.25, -0.2) is 4.98 Å². The molecule has 0 radical (unpaired) electrons. The van der Waals surface area contributed by atoms with Crippen LogP contribution in [0.1, 0.15) is 11.4 Å². The summed E-state index contributed by atoms with van der Waals surface area (Å²) in [5.41, 5.74) is 4.09. The predicted molar refractivity (Wildman–Crippen MR) is 92.9 cm³/mol. The van der Waals surface area contributed by atoms with Crippen LogP contribution in [0.3, 0.4) is 0 Å². The van der Waals surface area contributed by atoms with Gasteiger partial charge in [0.2, 0.25) is 0 Å². The molecule has 3 rings (SSSR count). The summed E-state index contributed by atoms with van der Waals surface area (Å²) in [6.45, 7) is 2.09. The Morgan fingerprint density at radius 3 is 2.81 bits per heavy atom. The number of aromatic nitrogens is 2. The SMILES string of the molecule is Cc1ccc(Br)cc1-n1c(CCCl)nc2c(Cl)cccc21. The lowest BCUT2D eigenvalue weighted by Gasteiger charge is -2.12. The molecule has 0 amide bonds. The first-order valence-corrected chi connectivity index (χ1v) is 8.30. The highest BCUT2D eigenvalue weighted by Gasteiger charge is 2.15. The van der Waals surface area contributed by atoms with Crippen molar-refractivity contribution in [1.29, 1.82) is 0 Å². The summed E-state index contributed by atoms with van der Waals surface area (Å²) in [5.74, 6) is 1.45. The minimum Gasteiger partial charge on any atom is -0.296 e. The third-order valence-corrected chi connectivity index (χ3v) is 4.42. The maximum atomic E-state index is 6.28. The molecule has 0 atom stereocenters. The minimum absolute atomic E-state index is 0.522. The Labute approximate surface area is 141 Å². The van der Waals surface area contributed by atoms with Crippen molar-refractivity contribution in [3.05, 3.63) is 57.3 Å². The van der Waals surface area contributed by atoms with Gasteiger partial charge in [0.25, 0.3) is 0 Å². The van der Waals surface area contributed by atoms with E-state index in [4.69, 9.17) is 23.2 Å². The van der Waals surface area contributed by atoms with Gasteiger partial charge in [-0.2, -0.15) is 0 Å². The van der Waals surface area contributed by atoms with Crippen molar-refractivity contribution in [3.8, 4) is 5.69 Å². The standard InChI is InChI=1S/C16H13BrCl2N2/c1-10-5-6-11(17)9-14(10)21-13-4-2-3-12(19)16(13)20-15(21)7-8-18/h2-6,9H,7-8H2,1H3. The van der Waals surface area contributed by atoms with E-state index in [2.05, 4.69) is 44.5 Å². The van der Waals surface area contributed by atoms with E-state index >= 15 is 0 Å². The number of alkyl halides is 1. The number of benzene rings is 2. The van der Waals surface area contributed by atoms with Crippen molar-refractivity contribution in [2.75, 3.05) is 5.88 Å². The van der Waals surface area contributed by atoms with Crippen LogP contribution in [0.2, 0.25) is 5.02 Å². The Balaban J connectivity index is 2.36. The summed E-state index contributed by atoms with van der Waals surface area (Å²) < 4.78 is 3.17. The van der Waals surface area contributed by atoms with Gasteiger partial charge in [-0.3, -0.25) is 4.57 Å². The molecular formula is C16H13BrCl2N2. The Kier molecular flexibility index (Phi) is 4.25. The number of halogens is 3. The molecule has 0 aliphatic rings. The number of hydrogen-bond donors (Lipinski definition) is 0. The monoisotopic (exact) mass is 382 g/mol. The van der Waals surface area contributed by atoms with Crippen LogP contribution < -0.4 is 0 Å². The van der Waals surface area contributed by atoms with Crippen LogP contribution in [0, 0.1) is 6.92 Å². The van der Waals surface area contributed by atoms with Gasteiger partial charge in [0, 0.05) is 16.8 Å². The summed E-state index contributed by atoms with van der Waals surface area (Å²) in [4.78, 5) is 4.68. The lowest BCUT2D eigenvalue weighted by Crippen LogP contribution is -2.04. The molecule has 0 saturated heterocycles. The van der Waals surface area contributed by atoms with Crippen molar-refractivity contribution in [2.45, 2.75) is 13.3 Å². The number of aryl methyl sites for hydroxylation is 2. The first kappa shape index (κ1) is 14.9. The van der Waals surface area contributed by atoms with Gasteiger partial charge in [-0.05, 0) is 36.8 Å². The number of hydrogen-bond acceptors (Lipinski definition) is 1. The molecule has 108 valence electrons. The van der Waals surface area contributed by atoms with Crippen LogP contribution in [0.15, 0.2) is 40.9 Å². The van der Waals surface area contributed by atoms with Gasteiger partial charge >= 0.3 is 0 Å². The summed E-state index contributed by atoms with van der Waals surface area (Å²) >= 11 is 15.8. The van der Waals surface area contributed by atoms with E-state index < -0.39 is 0 Å². The minimum atomic E-state index is 0.522. The van der Waals surface area contributed by atoms with Gasteiger partial charge in [0.1, 0.15) is 11.3 Å². The lowest BCUT2D eigenvalue weighted by molar-refractivity contribution is 0.906. The second kappa shape index (κ2) is 5.99. The van der Waals surface area contributed by atoms with Crippen molar-refractivity contribution in [2.24, 2.45) is 0 Å². The first-order valence-electron chi connectivity index (χ1n) is 6.60. The van der Waals surface area contributed by atoms with Crippen molar-refractivity contribution in [3.63, 3.8) is 0 Å². The predicted octanol–water partition coefficient (Wildman–Crippen LogP) is 5.53. The fourth-order valence-electron chi connectivity index (χ4n) is 2.46. The summed E-state index contributed by atoms with van der Waals surface area (Å²) in [6, 6.07) is 12.0. The van der Waals surface area contributed by atoms with Gasteiger partial charge in [-0.15, -0.1) is 11.6 Å². The van der Waals surface area contributed by atoms with E-state index in [-0.39, 0.29) is 0 Å². The average Bonchev–Trinajstić information content (AvgIpc) is 2.82. The third kappa shape index (κ3) is 2.70. The molecule has 0 saturated carbocycles. The molecule has 21 heavy (non-hydrogen) atoms. The maximum absolute atomic E-state index is 6.28. The number of imidazole rings is 1. The molecule has 1 aromatic heterocycles. The van der Waals surface area contributed by atoms with E-state index in [9.17, 15) is 0 Å². The van der Waals surface area contributed by atoms with Gasteiger partial charge < -0.3 is 0 Å². The highest BCUT2D eigenvalue weighted by molar-refractivity contribution is 9.10. The molecule has 0 aliphatic carbocycles. The average molecular weight is 384 g/mol. The van der Waals surface area contributed by atoms with E-state index in [0.29, 0.717) is 17.3 Å². The second-order valence-corrected chi connectivity index (χ2v) is 6.54. The Morgan fingerprint density at radius 1 is 1.24 bits per heavy atom. The molecule has 0 unspecified atom stereocenters. The lowest BCUT2D eigenvalue weighted by atomic mass is 10.2. The molecule has 0 fully saturated rings. The number of rotatable bonds is 3. The molecule has 1 heterocycles. The van der Waals surface area contributed by atoms with E-state index in [0.717, 1.165) is 27.0 Å². The molecule has 0 aliphatic heterocycles. The maximum Gasteiger partial charge on any atom is 0.115 e. The molecule has 0 spiro atoms. The zero-order valence-electron chi connectivity index (χ0n) is 11.4. The number of para-hydroxylation sites is 1. The van der Waals surface area contributed by atoms with Crippen LogP contribution in [0.25, 0.3) is 16.7 Å². The largest absolute Gasteiger partial charge is 0.296 e. The van der Waals surface area contributed by atoms with Crippen LogP contribution in [-0.4, -0.2) is 15.4 Å². The van der Waals surface area contributed by atoms with Crippen LogP contribution in [-0.2, 0) is 6.42 Å². The van der Waals surface area contributed by atoms with Crippen LogP contribution in [0.5, 0.6) is 0 Å². The second-order valence-electron chi connectivity index (χ2n) is 4.84. The van der Waals surface area contributed by atoms with E-state index in [1.807, 2.05) is 24.3 Å². The number of fused-ring (bicyclic) bond motifs is 1. The van der Waals surface area contributed by atoms with E-state index in [1.54, 1.807) is 0 Å². The Hall–Kier alpha value is -1.03. The Morgan fingerprint density at radius 2 is 2.05 bits per heavy atom. The fourth-order valence-corrected chi connectivity index (χ4v) is 3.19. The topological polar surface area (TPSA) is 17.8 Å². The molecule has 2 aromatic carbocycles. The zero-order valence-corrected chi connectivity index (χ0v) is 14.5. The molecule has 3 aromatic rings. The fraction of sp³-hybridized carbons (Fsp3) is 0.188. The van der Waals surface area contributed by atoms with Crippen LogP contribution >= 0.6 is 39.1 Å².